The minimum absolute atomic E-state index is 1.17. The van der Waals surface area contributed by atoms with Crippen LogP contribution in [0.4, 0.5) is 0 Å². The fourth-order valence-corrected chi connectivity index (χ4v) is 7.79. The molecule has 0 aromatic carbocycles. The predicted molar refractivity (Wildman–Crippen MR) is 47.7 cm³/mol. The standard InChI is InChI=1S/C8H20Ge/c1-5-9(6-2,7-3)8-4/h5-8H2,1-4H3/q-1. The van der Waals surface area contributed by atoms with Crippen molar-refractivity contribution in [3.63, 3.8) is 0 Å². The van der Waals surface area contributed by atoms with Crippen LogP contribution in [0.5, 0.6) is 0 Å². The van der Waals surface area contributed by atoms with Crippen LogP contribution in [0.1, 0.15) is 27.7 Å². The molecule has 0 atom stereocenters. The molecule has 0 radical (unpaired) electrons. The first-order valence-corrected chi connectivity index (χ1v) is 10.2. The van der Waals surface area contributed by atoms with Crippen molar-refractivity contribution in [2.45, 2.75) is 48.7 Å². The Labute approximate surface area is 62.4 Å². The monoisotopic (exact) mass is 190 g/mol. The molecule has 57 valence electrons. The molecule has 0 aliphatic carbocycles. The quantitative estimate of drug-likeness (QED) is 0.593. The van der Waals surface area contributed by atoms with E-state index in [4.69, 9.17) is 0 Å². The van der Waals surface area contributed by atoms with Crippen molar-refractivity contribution >= 4 is 13.3 Å². The van der Waals surface area contributed by atoms with Crippen LogP contribution < -0.4 is 0 Å². The minimum atomic E-state index is -1.17. The van der Waals surface area contributed by atoms with E-state index < -0.39 is 13.3 Å². The average molecular weight is 189 g/mol. The molecule has 0 amide bonds. The van der Waals surface area contributed by atoms with Crippen molar-refractivity contribution < 1.29 is 0 Å². The maximum atomic E-state index is 2.39. The molecule has 0 spiro atoms. The van der Waals surface area contributed by atoms with Gasteiger partial charge in [0.2, 0.25) is 0 Å². The normalized spacial score (nSPS) is 12.0. The van der Waals surface area contributed by atoms with Crippen molar-refractivity contribution in [1.82, 2.24) is 0 Å². The second-order valence-corrected chi connectivity index (χ2v) is 15.1. The molecule has 0 aliphatic heterocycles. The molecule has 0 fully saturated rings. The Morgan fingerprint density at radius 3 is 0.889 bits per heavy atom. The molecule has 0 rings (SSSR count). The topological polar surface area (TPSA) is 0 Å². The first kappa shape index (κ1) is 9.54. The van der Waals surface area contributed by atoms with E-state index in [0.29, 0.717) is 0 Å². The molecule has 0 aromatic heterocycles. The molecule has 9 heavy (non-hydrogen) atoms. The molecule has 0 saturated carbocycles. The van der Waals surface area contributed by atoms with Gasteiger partial charge in [-0.15, -0.1) is 0 Å². The molecule has 0 heterocycles. The molecule has 0 saturated heterocycles. The summed E-state index contributed by atoms with van der Waals surface area (Å²) >= 11 is -1.17. The Hall–Kier alpha value is 0.543. The maximum absolute atomic E-state index is 2.39. The Balaban J connectivity index is 3.82. The molecular formula is C8H20Ge-. The number of hydrogen-bond acceptors (Lipinski definition) is 0. The Bertz CT molecular complexity index is 47.5. The van der Waals surface area contributed by atoms with E-state index in [1.54, 1.807) is 0 Å². The Morgan fingerprint density at radius 2 is 0.889 bits per heavy atom. The number of hydrogen-bond donors (Lipinski definition) is 0. The molecule has 0 aliphatic rings. The van der Waals surface area contributed by atoms with Gasteiger partial charge in [-0.3, -0.25) is 0 Å². The third kappa shape index (κ3) is 2.32. The summed E-state index contributed by atoms with van der Waals surface area (Å²) in [5.74, 6) is 0. The summed E-state index contributed by atoms with van der Waals surface area (Å²) in [6.07, 6.45) is 0. The van der Waals surface area contributed by atoms with Gasteiger partial charge in [0.15, 0.2) is 0 Å². The summed E-state index contributed by atoms with van der Waals surface area (Å²) in [5, 5.41) is 6.12. The molecule has 0 nitrogen and oxygen atoms in total. The van der Waals surface area contributed by atoms with E-state index in [1.807, 2.05) is 0 Å². The Kier molecular flexibility index (Phi) is 4.64. The fourth-order valence-electron chi connectivity index (χ4n) is 1.50. The third-order valence-corrected chi connectivity index (χ3v) is 15.6. The molecule has 0 bridgehead atoms. The van der Waals surface area contributed by atoms with Crippen LogP contribution in [0.25, 0.3) is 0 Å². The summed E-state index contributed by atoms with van der Waals surface area (Å²) in [7, 11) is 0. The van der Waals surface area contributed by atoms with Crippen LogP contribution >= 0.6 is 0 Å². The van der Waals surface area contributed by atoms with E-state index in [1.165, 1.54) is 21.0 Å². The predicted octanol–water partition coefficient (Wildman–Crippen LogP) is 3.51. The van der Waals surface area contributed by atoms with Crippen molar-refractivity contribution in [1.29, 1.82) is 0 Å². The average Bonchev–Trinajstić information content (AvgIpc) is 1.95. The molecule has 0 aromatic rings. The van der Waals surface area contributed by atoms with Crippen molar-refractivity contribution in [2.24, 2.45) is 0 Å². The van der Waals surface area contributed by atoms with Gasteiger partial charge in [0, 0.05) is 0 Å². The summed E-state index contributed by atoms with van der Waals surface area (Å²) in [6, 6.07) is 0. The fraction of sp³-hybridized carbons (Fsp3) is 1.00. The number of rotatable bonds is 4. The van der Waals surface area contributed by atoms with Crippen molar-refractivity contribution in [3.05, 3.63) is 0 Å². The first-order valence-electron chi connectivity index (χ1n) is 4.24. The first-order chi connectivity index (χ1) is 4.24. The van der Waals surface area contributed by atoms with Gasteiger partial charge in [0.1, 0.15) is 0 Å². The van der Waals surface area contributed by atoms with Crippen LogP contribution in [-0.2, 0) is 0 Å². The van der Waals surface area contributed by atoms with Gasteiger partial charge in [-0.05, 0) is 0 Å². The van der Waals surface area contributed by atoms with Crippen molar-refractivity contribution in [2.75, 3.05) is 0 Å². The SMILES string of the molecule is C[CH2][Ge-]([CH2]C)([CH2]C)[CH2]C. The Morgan fingerprint density at radius 1 is 0.667 bits per heavy atom. The molecule has 0 N–H and O–H groups in total. The van der Waals surface area contributed by atoms with Gasteiger partial charge in [-0.2, -0.15) is 0 Å². The van der Waals surface area contributed by atoms with E-state index >= 15 is 0 Å². The van der Waals surface area contributed by atoms with Crippen molar-refractivity contribution in [3.8, 4) is 0 Å². The second-order valence-electron chi connectivity index (χ2n) is 2.91. The van der Waals surface area contributed by atoms with Crippen LogP contribution in [0, 0.1) is 0 Å². The summed E-state index contributed by atoms with van der Waals surface area (Å²) in [5.41, 5.74) is 0. The molecule has 1 heteroatoms. The van der Waals surface area contributed by atoms with E-state index in [0.717, 1.165) is 0 Å². The van der Waals surface area contributed by atoms with Gasteiger partial charge >= 0.3 is 62.0 Å². The third-order valence-electron chi connectivity index (χ3n) is 3.00. The van der Waals surface area contributed by atoms with Gasteiger partial charge in [-0.25, -0.2) is 0 Å². The zero-order chi connectivity index (χ0) is 7.33. The van der Waals surface area contributed by atoms with Gasteiger partial charge in [0.25, 0.3) is 0 Å². The van der Waals surface area contributed by atoms with Crippen LogP contribution in [0.2, 0.25) is 21.0 Å². The second kappa shape index (κ2) is 4.37. The molecular weight excluding hydrogens is 169 g/mol. The van der Waals surface area contributed by atoms with Crippen LogP contribution in [-0.4, -0.2) is 13.3 Å². The van der Waals surface area contributed by atoms with Crippen LogP contribution in [0.15, 0.2) is 0 Å². The van der Waals surface area contributed by atoms with Gasteiger partial charge < -0.3 is 0 Å². The zero-order valence-electron chi connectivity index (χ0n) is 7.33. The summed E-state index contributed by atoms with van der Waals surface area (Å²) < 4.78 is 0. The van der Waals surface area contributed by atoms with E-state index in [-0.39, 0.29) is 0 Å². The van der Waals surface area contributed by atoms with Gasteiger partial charge in [-0.1, -0.05) is 0 Å². The van der Waals surface area contributed by atoms with E-state index in [2.05, 4.69) is 27.7 Å². The van der Waals surface area contributed by atoms with Crippen LogP contribution in [0.3, 0.4) is 0 Å². The summed E-state index contributed by atoms with van der Waals surface area (Å²) in [4.78, 5) is 0. The van der Waals surface area contributed by atoms with E-state index in [9.17, 15) is 0 Å². The molecule has 0 unspecified atom stereocenters. The zero-order valence-corrected chi connectivity index (χ0v) is 9.43. The summed E-state index contributed by atoms with van der Waals surface area (Å²) in [6.45, 7) is 9.54. The van der Waals surface area contributed by atoms with Gasteiger partial charge in [0.05, 0.1) is 0 Å².